The Balaban J connectivity index is 1.89. The van der Waals surface area contributed by atoms with Gasteiger partial charge in [0.15, 0.2) is 0 Å². The zero-order valence-corrected chi connectivity index (χ0v) is 13.6. The number of hydrogen-bond acceptors (Lipinski definition) is 4. The first kappa shape index (κ1) is 16.4. The molecule has 0 atom stereocenters. The van der Waals surface area contributed by atoms with Crippen molar-refractivity contribution in [3.05, 3.63) is 79.6 Å². The lowest BCUT2D eigenvalue weighted by molar-refractivity contribution is -0.384. The molecular weight excluding hydrogens is 322 g/mol. The van der Waals surface area contributed by atoms with E-state index in [-0.39, 0.29) is 17.2 Å². The van der Waals surface area contributed by atoms with Crippen LogP contribution in [0.1, 0.15) is 21.5 Å². The molecule has 3 aromatic rings. The van der Waals surface area contributed by atoms with Gasteiger partial charge in [-0.05, 0) is 43.7 Å². The number of non-ortho nitro benzene ring substituents is 1. The number of rotatable bonds is 3. The number of nitro benzene ring substituents is 1. The smallest absolute Gasteiger partial charge is 0.269 e. The Kier molecular flexibility index (Phi) is 4.06. The van der Waals surface area contributed by atoms with Crippen molar-refractivity contribution in [1.29, 1.82) is 0 Å². The van der Waals surface area contributed by atoms with Gasteiger partial charge in [-0.15, -0.1) is 0 Å². The molecule has 126 valence electrons. The highest BCUT2D eigenvalue weighted by Crippen LogP contribution is 2.21. The van der Waals surface area contributed by atoms with Gasteiger partial charge in [-0.25, -0.2) is 0 Å². The van der Waals surface area contributed by atoms with Crippen molar-refractivity contribution >= 4 is 28.2 Å². The molecule has 0 aliphatic heterocycles. The summed E-state index contributed by atoms with van der Waals surface area (Å²) in [6.45, 7) is 3.64. The van der Waals surface area contributed by atoms with Gasteiger partial charge in [0, 0.05) is 34.3 Å². The quantitative estimate of drug-likeness (QED) is 0.565. The molecular formula is C18H15N3O4. The standard InChI is InChI=1S/C18H15N3O4/c1-10-11(2)17(22)20-16-9-13(5-8-15(10)16)19-18(23)12-3-6-14(7-4-12)21(24)25/h3-9H,1-2H3,(H,19,23)(H,20,22). The normalized spacial score (nSPS) is 10.6. The van der Waals surface area contributed by atoms with Gasteiger partial charge in [0.1, 0.15) is 0 Å². The van der Waals surface area contributed by atoms with Crippen LogP contribution in [0.15, 0.2) is 47.3 Å². The number of carbonyl (C=O) groups excluding carboxylic acids is 1. The maximum atomic E-state index is 12.3. The third kappa shape index (κ3) is 3.12. The van der Waals surface area contributed by atoms with Crippen LogP contribution in [0.5, 0.6) is 0 Å². The lowest BCUT2D eigenvalue weighted by Gasteiger charge is -2.09. The Bertz CT molecular complexity index is 1050. The van der Waals surface area contributed by atoms with Crippen molar-refractivity contribution in [2.24, 2.45) is 0 Å². The average molecular weight is 337 g/mol. The molecule has 1 amide bonds. The molecule has 0 fully saturated rings. The summed E-state index contributed by atoms with van der Waals surface area (Å²) in [7, 11) is 0. The molecule has 0 spiro atoms. The van der Waals surface area contributed by atoms with Crippen molar-refractivity contribution in [1.82, 2.24) is 4.98 Å². The van der Waals surface area contributed by atoms with E-state index in [9.17, 15) is 19.7 Å². The molecule has 1 aromatic heterocycles. The van der Waals surface area contributed by atoms with Crippen LogP contribution >= 0.6 is 0 Å². The maximum absolute atomic E-state index is 12.3. The van der Waals surface area contributed by atoms with E-state index in [1.54, 1.807) is 19.1 Å². The van der Waals surface area contributed by atoms with Crippen LogP contribution in [0.3, 0.4) is 0 Å². The zero-order chi connectivity index (χ0) is 18.1. The van der Waals surface area contributed by atoms with E-state index in [2.05, 4.69) is 10.3 Å². The maximum Gasteiger partial charge on any atom is 0.269 e. The van der Waals surface area contributed by atoms with Crippen LogP contribution in [0.4, 0.5) is 11.4 Å². The van der Waals surface area contributed by atoms with Crippen molar-refractivity contribution in [3.8, 4) is 0 Å². The van der Waals surface area contributed by atoms with Crippen LogP contribution in [0, 0.1) is 24.0 Å². The van der Waals surface area contributed by atoms with Gasteiger partial charge in [-0.3, -0.25) is 19.7 Å². The van der Waals surface area contributed by atoms with Crippen molar-refractivity contribution in [3.63, 3.8) is 0 Å². The SMILES string of the molecule is Cc1c(C)c2ccc(NC(=O)c3ccc([N+](=O)[O-])cc3)cc2[nH]c1=O. The minimum Gasteiger partial charge on any atom is -0.322 e. The number of aromatic nitrogens is 1. The molecule has 2 N–H and O–H groups in total. The zero-order valence-electron chi connectivity index (χ0n) is 13.6. The van der Waals surface area contributed by atoms with Crippen LogP contribution in [-0.2, 0) is 0 Å². The van der Waals surface area contributed by atoms with E-state index in [0.717, 1.165) is 10.9 Å². The molecule has 0 aliphatic carbocycles. The van der Waals surface area contributed by atoms with Gasteiger partial charge in [0.25, 0.3) is 17.2 Å². The number of nitrogens with one attached hydrogen (secondary N) is 2. The van der Waals surface area contributed by atoms with E-state index in [4.69, 9.17) is 0 Å². The molecule has 7 heteroatoms. The molecule has 0 saturated heterocycles. The molecule has 3 rings (SSSR count). The van der Waals surface area contributed by atoms with Gasteiger partial charge < -0.3 is 10.3 Å². The molecule has 0 aliphatic rings. The number of fused-ring (bicyclic) bond motifs is 1. The van der Waals surface area contributed by atoms with E-state index in [1.165, 1.54) is 24.3 Å². The fraction of sp³-hybridized carbons (Fsp3) is 0.111. The first-order chi connectivity index (χ1) is 11.9. The number of nitrogens with zero attached hydrogens (tertiary/aromatic N) is 1. The third-order valence-electron chi connectivity index (χ3n) is 4.17. The van der Waals surface area contributed by atoms with Crippen LogP contribution in [0.25, 0.3) is 10.9 Å². The summed E-state index contributed by atoms with van der Waals surface area (Å²) in [6.07, 6.45) is 0. The monoisotopic (exact) mass is 337 g/mol. The molecule has 2 aromatic carbocycles. The topological polar surface area (TPSA) is 105 Å². The van der Waals surface area contributed by atoms with Crippen LogP contribution in [-0.4, -0.2) is 15.8 Å². The summed E-state index contributed by atoms with van der Waals surface area (Å²) in [5.74, 6) is -0.388. The Labute approximate surface area is 142 Å². The lowest BCUT2D eigenvalue weighted by atomic mass is 10.1. The summed E-state index contributed by atoms with van der Waals surface area (Å²) in [5.41, 5.74) is 2.78. The van der Waals surface area contributed by atoms with Gasteiger partial charge in [-0.1, -0.05) is 6.07 Å². The number of aryl methyl sites for hydroxylation is 1. The molecule has 0 unspecified atom stereocenters. The first-order valence-corrected chi connectivity index (χ1v) is 7.56. The van der Waals surface area contributed by atoms with E-state index < -0.39 is 4.92 Å². The summed E-state index contributed by atoms with van der Waals surface area (Å²) in [5, 5.41) is 14.3. The van der Waals surface area contributed by atoms with Gasteiger partial charge in [-0.2, -0.15) is 0 Å². The number of nitro groups is 1. The van der Waals surface area contributed by atoms with Crippen molar-refractivity contribution < 1.29 is 9.72 Å². The second-order valence-electron chi connectivity index (χ2n) is 5.72. The van der Waals surface area contributed by atoms with Gasteiger partial charge >= 0.3 is 0 Å². The number of pyridine rings is 1. The molecule has 25 heavy (non-hydrogen) atoms. The number of anilines is 1. The second kappa shape index (κ2) is 6.20. The highest BCUT2D eigenvalue weighted by atomic mass is 16.6. The van der Waals surface area contributed by atoms with Gasteiger partial charge in [0.2, 0.25) is 0 Å². The number of benzene rings is 2. The predicted molar refractivity (Wildman–Crippen MR) is 95.1 cm³/mol. The minimum atomic E-state index is -0.522. The Morgan fingerprint density at radius 3 is 2.40 bits per heavy atom. The Morgan fingerprint density at radius 2 is 1.76 bits per heavy atom. The number of aromatic amines is 1. The average Bonchev–Trinajstić information content (AvgIpc) is 2.59. The first-order valence-electron chi connectivity index (χ1n) is 7.56. The predicted octanol–water partition coefficient (Wildman–Crippen LogP) is 3.31. The van der Waals surface area contributed by atoms with E-state index in [1.807, 2.05) is 13.0 Å². The fourth-order valence-corrected chi connectivity index (χ4v) is 2.58. The summed E-state index contributed by atoms with van der Waals surface area (Å²) >= 11 is 0. The number of carbonyl (C=O) groups is 1. The molecule has 7 nitrogen and oxygen atoms in total. The minimum absolute atomic E-state index is 0.0781. The molecule has 0 radical (unpaired) electrons. The number of amides is 1. The highest BCUT2D eigenvalue weighted by Gasteiger charge is 2.11. The largest absolute Gasteiger partial charge is 0.322 e. The van der Waals surface area contributed by atoms with Crippen molar-refractivity contribution in [2.75, 3.05) is 5.32 Å². The molecule has 0 bridgehead atoms. The summed E-state index contributed by atoms with van der Waals surface area (Å²) < 4.78 is 0. The van der Waals surface area contributed by atoms with E-state index in [0.29, 0.717) is 22.3 Å². The van der Waals surface area contributed by atoms with Crippen LogP contribution < -0.4 is 10.9 Å². The number of hydrogen-bond donors (Lipinski definition) is 2. The third-order valence-corrected chi connectivity index (χ3v) is 4.17. The summed E-state index contributed by atoms with van der Waals surface area (Å²) in [6, 6.07) is 10.6. The lowest BCUT2D eigenvalue weighted by Crippen LogP contribution is -2.13. The fourth-order valence-electron chi connectivity index (χ4n) is 2.58. The molecule has 1 heterocycles. The molecule has 0 saturated carbocycles. The number of H-pyrrole nitrogens is 1. The Morgan fingerprint density at radius 1 is 1.08 bits per heavy atom. The van der Waals surface area contributed by atoms with E-state index >= 15 is 0 Å². The van der Waals surface area contributed by atoms with Crippen LogP contribution in [0.2, 0.25) is 0 Å². The second-order valence-corrected chi connectivity index (χ2v) is 5.72. The van der Waals surface area contributed by atoms with Gasteiger partial charge in [0.05, 0.1) is 10.4 Å². The summed E-state index contributed by atoms with van der Waals surface area (Å²) in [4.78, 5) is 37.1. The highest BCUT2D eigenvalue weighted by molar-refractivity contribution is 6.05. The Hall–Kier alpha value is -3.48. The van der Waals surface area contributed by atoms with Crippen molar-refractivity contribution in [2.45, 2.75) is 13.8 Å².